The van der Waals surface area contributed by atoms with Crippen molar-refractivity contribution in [3.63, 3.8) is 0 Å². The van der Waals surface area contributed by atoms with Gasteiger partial charge in [-0.2, -0.15) is 5.10 Å². The topological polar surface area (TPSA) is 55.9 Å². The molecule has 1 heterocycles. The van der Waals surface area contributed by atoms with E-state index in [1.54, 1.807) is 0 Å². The molecule has 4 heteroatoms. The molecule has 1 aromatic heterocycles. The molecule has 3 N–H and O–H groups in total. The lowest BCUT2D eigenvalue weighted by Gasteiger charge is -2.26. The van der Waals surface area contributed by atoms with Crippen LogP contribution in [0.4, 0.5) is 0 Å². The third kappa shape index (κ3) is 3.71. The number of rotatable bonds is 7. The number of nitrogens with one attached hydrogen (secondary N) is 1. The molecule has 2 rings (SSSR count). The fraction of sp³-hybridized carbons (Fsp3) is 0.471. The van der Waals surface area contributed by atoms with Gasteiger partial charge in [-0.3, -0.25) is 16.0 Å². The van der Waals surface area contributed by atoms with Crippen molar-refractivity contribution in [2.75, 3.05) is 0 Å². The summed E-state index contributed by atoms with van der Waals surface area (Å²) in [4.78, 5) is 0. The first-order valence-corrected chi connectivity index (χ1v) is 7.72. The van der Waals surface area contributed by atoms with Crippen molar-refractivity contribution in [2.45, 2.75) is 45.1 Å². The molecule has 4 nitrogen and oxygen atoms in total. The first-order chi connectivity index (χ1) is 10.2. The molecule has 0 saturated heterocycles. The standard InChI is InChI=1S/C17H26N4/c1-4-14-11-15(21(3)20-14)12-17(19-18)16(5-2)13-9-7-6-8-10-13/h6-11,16-17,19H,4-5,12,18H2,1-3H3. The van der Waals surface area contributed by atoms with Crippen molar-refractivity contribution in [2.24, 2.45) is 12.9 Å². The first-order valence-electron chi connectivity index (χ1n) is 7.72. The molecular weight excluding hydrogens is 260 g/mol. The highest BCUT2D eigenvalue weighted by molar-refractivity contribution is 5.22. The molecule has 2 atom stereocenters. The fourth-order valence-electron chi connectivity index (χ4n) is 2.93. The molecule has 0 spiro atoms. The van der Waals surface area contributed by atoms with Gasteiger partial charge in [0.2, 0.25) is 0 Å². The summed E-state index contributed by atoms with van der Waals surface area (Å²) >= 11 is 0. The summed E-state index contributed by atoms with van der Waals surface area (Å²) in [6.07, 6.45) is 2.90. The van der Waals surface area contributed by atoms with Crippen LogP contribution >= 0.6 is 0 Å². The van der Waals surface area contributed by atoms with E-state index in [9.17, 15) is 0 Å². The molecule has 1 aromatic carbocycles. The second kappa shape index (κ2) is 7.38. The minimum Gasteiger partial charge on any atom is -0.272 e. The van der Waals surface area contributed by atoms with Crippen LogP contribution in [0.25, 0.3) is 0 Å². The van der Waals surface area contributed by atoms with E-state index in [-0.39, 0.29) is 6.04 Å². The van der Waals surface area contributed by atoms with Gasteiger partial charge in [-0.1, -0.05) is 44.2 Å². The van der Waals surface area contributed by atoms with Gasteiger partial charge < -0.3 is 0 Å². The maximum absolute atomic E-state index is 5.84. The Morgan fingerprint density at radius 3 is 2.48 bits per heavy atom. The summed E-state index contributed by atoms with van der Waals surface area (Å²) in [5.41, 5.74) is 6.71. The van der Waals surface area contributed by atoms with Crippen LogP contribution in [-0.2, 0) is 19.9 Å². The summed E-state index contributed by atoms with van der Waals surface area (Å²) in [5, 5.41) is 4.52. The van der Waals surface area contributed by atoms with Gasteiger partial charge in [0, 0.05) is 31.1 Å². The third-order valence-electron chi connectivity index (χ3n) is 4.19. The number of hydrogen-bond donors (Lipinski definition) is 2. The quantitative estimate of drug-likeness (QED) is 0.607. The second-order valence-electron chi connectivity index (χ2n) is 5.51. The maximum atomic E-state index is 5.84. The van der Waals surface area contributed by atoms with E-state index in [0.717, 1.165) is 25.0 Å². The summed E-state index contributed by atoms with van der Waals surface area (Å²) < 4.78 is 1.97. The lowest BCUT2D eigenvalue weighted by atomic mass is 9.87. The Hall–Kier alpha value is -1.65. The molecule has 0 amide bonds. The summed E-state index contributed by atoms with van der Waals surface area (Å²) in [5.74, 6) is 6.24. The monoisotopic (exact) mass is 286 g/mol. The van der Waals surface area contributed by atoms with Crippen molar-refractivity contribution in [1.82, 2.24) is 15.2 Å². The van der Waals surface area contributed by atoms with Gasteiger partial charge in [-0.25, -0.2) is 0 Å². The van der Waals surface area contributed by atoms with Crippen LogP contribution in [0.1, 0.15) is 43.1 Å². The first kappa shape index (κ1) is 15.7. The molecule has 2 unspecified atom stereocenters. The van der Waals surface area contributed by atoms with E-state index in [0.29, 0.717) is 5.92 Å². The van der Waals surface area contributed by atoms with E-state index in [1.807, 2.05) is 11.7 Å². The predicted octanol–water partition coefficient (Wildman–Crippen LogP) is 2.55. The van der Waals surface area contributed by atoms with E-state index >= 15 is 0 Å². The Kier molecular flexibility index (Phi) is 5.53. The molecular formula is C17H26N4. The highest BCUT2D eigenvalue weighted by Crippen LogP contribution is 2.25. The van der Waals surface area contributed by atoms with Crippen molar-refractivity contribution in [3.8, 4) is 0 Å². The van der Waals surface area contributed by atoms with Crippen LogP contribution < -0.4 is 11.3 Å². The third-order valence-corrected chi connectivity index (χ3v) is 4.19. The van der Waals surface area contributed by atoms with E-state index in [2.05, 4.69) is 60.8 Å². The zero-order chi connectivity index (χ0) is 15.2. The van der Waals surface area contributed by atoms with Gasteiger partial charge in [0.1, 0.15) is 0 Å². The predicted molar refractivity (Wildman–Crippen MR) is 86.9 cm³/mol. The largest absolute Gasteiger partial charge is 0.272 e. The highest BCUT2D eigenvalue weighted by atomic mass is 15.3. The van der Waals surface area contributed by atoms with Gasteiger partial charge in [0.25, 0.3) is 0 Å². The number of aromatic nitrogens is 2. The summed E-state index contributed by atoms with van der Waals surface area (Å²) in [6.45, 7) is 4.34. The molecule has 0 fully saturated rings. The average Bonchev–Trinajstić information content (AvgIpc) is 2.88. The van der Waals surface area contributed by atoms with Gasteiger partial charge in [0.15, 0.2) is 0 Å². The molecule has 0 bridgehead atoms. The van der Waals surface area contributed by atoms with Gasteiger partial charge in [-0.05, 0) is 24.5 Å². The van der Waals surface area contributed by atoms with E-state index in [4.69, 9.17) is 5.84 Å². The Labute approximate surface area is 127 Å². The smallest absolute Gasteiger partial charge is 0.0624 e. The minimum atomic E-state index is 0.206. The maximum Gasteiger partial charge on any atom is 0.0624 e. The van der Waals surface area contributed by atoms with Crippen LogP contribution in [0.2, 0.25) is 0 Å². The lowest BCUT2D eigenvalue weighted by Crippen LogP contribution is -2.41. The highest BCUT2D eigenvalue weighted by Gasteiger charge is 2.22. The van der Waals surface area contributed by atoms with E-state index in [1.165, 1.54) is 11.3 Å². The number of aryl methyl sites for hydroxylation is 2. The molecule has 0 aliphatic rings. The van der Waals surface area contributed by atoms with Crippen LogP contribution in [0.3, 0.4) is 0 Å². The number of nitrogens with zero attached hydrogens (tertiary/aromatic N) is 2. The normalized spacial score (nSPS) is 14.1. The molecule has 0 aliphatic carbocycles. The fourth-order valence-corrected chi connectivity index (χ4v) is 2.93. The molecule has 2 aromatic rings. The number of nitrogens with two attached hydrogens (primary N) is 1. The van der Waals surface area contributed by atoms with Crippen LogP contribution in [0, 0.1) is 0 Å². The molecule has 21 heavy (non-hydrogen) atoms. The zero-order valence-electron chi connectivity index (χ0n) is 13.2. The molecule has 114 valence electrons. The second-order valence-corrected chi connectivity index (χ2v) is 5.51. The Morgan fingerprint density at radius 2 is 1.95 bits per heavy atom. The molecule has 0 saturated carbocycles. The number of hydrogen-bond acceptors (Lipinski definition) is 3. The number of benzene rings is 1. The van der Waals surface area contributed by atoms with Crippen molar-refractivity contribution in [3.05, 3.63) is 53.3 Å². The van der Waals surface area contributed by atoms with Crippen molar-refractivity contribution in [1.29, 1.82) is 0 Å². The Balaban J connectivity index is 2.19. The zero-order valence-corrected chi connectivity index (χ0v) is 13.2. The average molecular weight is 286 g/mol. The summed E-state index contributed by atoms with van der Waals surface area (Å²) in [6, 6.07) is 13.0. The number of hydrazine groups is 1. The lowest BCUT2D eigenvalue weighted by molar-refractivity contribution is 0.418. The molecule has 0 radical (unpaired) electrons. The van der Waals surface area contributed by atoms with E-state index < -0.39 is 0 Å². The Morgan fingerprint density at radius 1 is 1.24 bits per heavy atom. The van der Waals surface area contributed by atoms with Crippen LogP contribution in [0.15, 0.2) is 36.4 Å². The minimum absolute atomic E-state index is 0.206. The van der Waals surface area contributed by atoms with Crippen molar-refractivity contribution < 1.29 is 0 Å². The molecule has 0 aliphatic heterocycles. The summed E-state index contributed by atoms with van der Waals surface area (Å²) in [7, 11) is 2.01. The van der Waals surface area contributed by atoms with Crippen LogP contribution in [0.5, 0.6) is 0 Å². The van der Waals surface area contributed by atoms with Crippen molar-refractivity contribution >= 4 is 0 Å². The van der Waals surface area contributed by atoms with Gasteiger partial charge >= 0.3 is 0 Å². The Bertz CT molecular complexity index is 547. The van der Waals surface area contributed by atoms with Gasteiger partial charge in [-0.15, -0.1) is 0 Å². The SMILES string of the molecule is CCc1cc(CC(NN)C(CC)c2ccccc2)n(C)n1. The van der Waals surface area contributed by atoms with Crippen LogP contribution in [-0.4, -0.2) is 15.8 Å². The van der Waals surface area contributed by atoms with Gasteiger partial charge in [0.05, 0.1) is 5.69 Å².